The zero-order valence-corrected chi connectivity index (χ0v) is 20.5. The second-order valence-electron chi connectivity index (χ2n) is 8.73. The van der Waals surface area contributed by atoms with Gasteiger partial charge >= 0.3 is 24.3 Å². The summed E-state index contributed by atoms with van der Waals surface area (Å²) in [6.45, 7) is 4.29. The van der Waals surface area contributed by atoms with E-state index in [0.717, 1.165) is 38.2 Å². The van der Waals surface area contributed by atoms with Gasteiger partial charge in [-0.25, -0.2) is 9.59 Å². The van der Waals surface area contributed by atoms with Crippen molar-refractivity contribution in [3.8, 4) is 0 Å². The summed E-state index contributed by atoms with van der Waals surface area (Å²) in [6, 6.07) is 10.1. The van der Waals surface area contributed by atoms with E-state index in [1.54, 1.807) is 0 Å². The molecule has 0 aliphatic carbocycles. The number of carbonyl (C=O) groups is 2. The smallest absolute Gasteiger partial charge is 0.475 e. The third-order valence-corrected chi connectivity index (χ3v) is 5.60. The number of ether oxygens (including phenoxy) is 2. The van der Waals surface area contributed by atoms with Gasteiger partial charge in [0.2, 0.25) is 0 Å². The van der Waals surface area contributed by atoms with E-state index in [-0.39, 0.29) is 11.7 Å². The van der Waals surface area contributed by atoms with Gasteiger partial charge < -0.3 is 19.7 Å². The average molecular weight is 567 g/mol. The number of aromatic nitrogens is 2. The Morgan fingerprint density at radius 3 is 2.26 bits per heavy atom. The molecular weight excluding hydrogens is 540 g/mol. The molecule has 2 aromatic heterocycles. The van der Waals surface area contributed by atoms with Crippen LogP contribution in [0.4, 0.5) is 26.3 Å². The summed E-state index contributed by atoms with van der Waals surface area (Å²) in [5.41, 5.74) is 2.20. The summed E-state index contributed by atoms with van der Waals surface area (Å²) in [6.07, 6.45) is -1.14. The van der Waals surface area contributed by atoms with Crippen molar-refractivity contribution in [1.82, 2.24) is 14.9 Å². The Hall–Kier alpha value is -3.30. The number of halogens is 6. The van der Waals surface area contributed by atoms with E-state index in [1.165, 1.54) is 12.0 Å². The summed E-state index contributed by atoms with van der Waals surface area (Å²) < 4.78 is 75.8. The monoisotopic (exact) mass is 567 g/mol. The SMILES string of the molecule is O=C(O)C(F)(F)F.O=C(O)C(F)(F)F.c1ccc(CO[C@H]2CO[C@@]3(CCCN(Cc4cccnc4)C3)C2)nc1. The van der Waals surface area contributed by atoms with E-state index in [4.69, 9.17) is 29.3 Å². The first-order valence-electron chi connectivity index (χ1n) is 11.6. The van der Waals surface area contributed by atoms with Crippen molar-refractivity contribution in [2.45, 2.75) is 56.5 Å². The standard InChI is InChI=1S/C20H25N3O2.2C2HF3O2/c1-2-9-22-18(6-1)14-24-19-11-20(25-15-19)7-4-10-23(16-20)13-17-5-3-8-21-12-17;2*3-2(4,5)1(6)7/h1-3,5-6,8-9,12,19H,4,7,10-11,13-16H2;2*(H,6,7)/t19-,20+;;/m1../s1. The number of piperidine rings is 1. The first-order valence-corrected chi connectivity index (χ1v) is 11.6. The van der Waals surface area contributed by atoms with Crippen LogP contribution in [0, 0.1) is 0 Å². The van der Waals surface area contributed by atoms with E-state index >= 15 is 0 Å². The van der Waals surface area contributed by atoms with E-state index in [0.29, 0.717) is 13.2 Å². The van der Waals surface area contributed by atoms with Gasteiger partial charge in [0.15, 0.2) is 0 Å². The summed E-state index contributed by atoms with van der Waals surface area (Å²) in [4.78, 5) is 28.8. The number of alkyl halides is 6. The number of aliphatic carboxylic acids is 2. The molecule has 2 saturated heterocycles. The lowest BCUT2D eigenvalue weighted by Gasteiger charge is -2.39. The second-order valence-corrected chi connectivity index (χ2v) is 8.73. The number of carboxylic acid groups (broad SMARTS) is 2. The Labute approximate surface area is 219 Å². The van der Waals surface area contributed by atoms with Crippen LogP contribution >= 0.6 is 0 Å². The summed E-state index contributed by atoms with van der Waals surface area (Å²) >= 11 is 0. The molecule has 9 nitrogen and oxygen atoms in total. The Morgan fingerprint density at radius 1 is 1.05 bits per heavy atom. The first-order chi connectivity index (χ1) is 18.2. The van der Waals surface area contributed by atoms with Crippen LogP contribution in [0.3, 0.4) is 0 Å². The number of rotatable bonds is 5. The molecule has 0 bridgehead atoms. The largest absolute Gasteiger partial charge is 0.490 e. The van der Waals surface area contributed by atoms with Crippen molar-refractivity contribution in [3.63, 3.8) is 0 Å². The fraction of sp³-hybridized carbons (Fsp3) is 0.500. The molecule has 4 rings (SSSR count). The fourth-order valence-corrected chi connectivity index (χ4v) is 3.96. The molecule has 4 heterocycles. The maximum Gasteiger partial charge on any atom is 0.490 e. The molecule has 2 fully saturated rings. The predicted octanol–water partition coefficient (Wildman–Crippen LogP) is 4.08. The predicted molar refractivity (Wildman–Crippen MR) is 122 cm³/mol. The van der Waals surface area contributed by atoms with Crippen molar-refractivity contribution < 1.29 is 55.6 Å². The van der Waals surface area contributed by atoms with E-state index in [1.807, 2.05) is 42.9 Å². The van der Waals surface area contributed by atoms with Gasteiger partial charge in [0.05, 0.1) is 30.6 Å². The van der Waals surface area contributed by atoms with Gasteiger partial charge in [-0.15, -0.1) is 0 Å². The highest BCUT2D eigenvalue weighted by molar-refractivity contribution is 5.73. The zero-order chi connectivity index (χ0) is 29.1. The van der Waals surface area contributed by atoms with Gasteiger partial charge in [0.25, 0.3) is 0 Å². The van der Waals surface area contributed by atoms with Crippen molar-refractivity contribution in [2.75, 3.05) is 19.7 Å². The van der Waals surface area contributed by atoms with Crippen LogP contribution in [-0.4, -0.2) is 80.8 Å². The maximum absolute atomic E-state index is 10.6. The number of nitrogens with zero attached hydrogens (tertiary/aromatic N) is 3. The van der Waals surface area contributed by atoms with Crippen LogP contribution < -0.4 is 0 Å². The fourth-order valence-electron chi connectivity index (χ4n) is 3.96. The molecule has 39 heavy (non-hydrogen) atoms. The van der Waals surface area contributed by atoms with Gasteiger partial charge in [-0.3, -0.25) is 14.9 Å². The number of likely N-dealkylation sites (tertiary alicyclic amines) is 1. The molecule has 0 amide bonds. The third kappa shape index (κ3) is 11.5. The Bertz CT molecular complexity index is 1020. The van der Waals surface area contributed by atoms with Crippen LogP contribution in [0.25, 0.3) is 0 Å². The molecule has 2 N–H and O–H groups in total. The molecule has 2 aromatic rings. The molecule has 2 aliphatic rings. The minimum atomic E-state index is -5.08. The van der Waals surface area contributed by atoms with Crippen LogP contribution in [0.5, 0.6) is 0 Å². The number of carboxylic acids is 2. The van der Waals surface area contributed by atoms with E-state index in [9.17, 15) is 26.3 Å². The van der Waals surface area contributed by atoms with Gasteiger partial charge in [-0.1, -0.05) is 12.1 Å². The van der Waals surface area contributed by atoms with Gasteiger partial charge in [0.1, 0.15) is 0 Å². The Kier molecular flexibility index (Phi) is 11.6. The number of pyridine rings is 2. The summed E-state index contributed by atoms with van der Waals surface area (Å²) in [7, 11) is 0. The van der Waals surface area contributed by atoms with Crippen molar-refractivity contribution >= 4 is 11.9 Å². The first kappa shape index (κ1) is 31.9. The lowest BCUT2D eigenvalue weighted by molar-refractivity contribution is -0.193. The van der Waals surface area contributed by atoms with Crippen molar-refractivity contribution in [2.24, 2.45) is 0 Å². The summed E-state index contributed by atoms with van der Waals surface area (Å²) in [5, 5.41) is 14.2. The highest BCUT2D eigenvalue weighted by Crippen LogP contribution is 2.36. The van der Waals surface area contributed by atoms with Crippen molar-refractivity contribution in [3.05, 3.63) is 60.2 Å². The summed E-state index contributed by atoms with van der Waals surface area (Å²) in [5.74, 6) is -5.51. The van der Waals surface area contributed by atoms with Crippen molar-refractivity contribution in [1.29, 1.82) is 0 Å². The Balaban J connectivity index is 0.000000317. The zero-order valence-electron chi connectivity index (χ0n) is 20.5. The molecule has 216 valence electrons. The lowest BCUT2D eigenvalue weighted by atomic mass is 9.89. The molecular formula is C24H27F6N3O6. The minimum Gasteiger partial charge on any atom is -0.475 e. The molecule has 2 atom stereocenters. The normalized spacial score (nSPS) is 21.3. The lowest BCUT2D eigenvalue weighted by Crippen LogP contribution is -2.47. The number of hydrogen-bond acceptors (Lipinski definition) is 7. The molecule has 1 spiro atoms. The van der Waals surface area contributed by atoms with Crippen LogP contribution in [0.2, 0.25) is 0 Å². The molecule has 0 saturated carbocycles. The third-order valence-electron chi connectivity index (χ3n) is 5.60. The minimum absolute atomic E-state index is 0.0464. The van der Waals surface area contributed by atoms with E-state index in [2.05, 4.69) is 20.9 Å². The second kappa shape index (κ2) is 14.2. The average Bonchev–Trinajstić information content (AvgIpc) is 3.25. The quantitative estimate of drug-likeness (QED) is 0.515. The molecule has 0 unspecified atom stereocenters. The van der Waals surface area contributed by atoms with Gasteiger partial charge in [-0.2, -0.15) is 26.3 Å². The van der Waals surface area contributed by atoms with Crippen LogP contribution in [0.15, 0.2) is 48.9 Å². The molecule has 2 aliphatic heterocycles. The number of hydrogen-bond donors (Lipinski definition) is 2. The van der Waals surface area contributed by atoms with Gasteiger partial charge in [-0.05, 0) is 43.1 Å². The molecule has 0 aromatic carbocycles. The molecule has 0 radical (unpaired) electrons. The topological polar surface area (TPSA) is 122 Å². The van der Waals surface area contributed by atoms with E-state index < -0.39 is 24.3 Å². The highest BCUT2D eigenvalue weighted by atomic mass is 19.4. The highest BCUT2D eigenvalue weighted by Gasteiger charge is 2.44. The maximum atomic E-state index is 10.6. The van der Waals surface area contributed by atoms with Crippen LogP contribution in [-0.2, 0) is 32.2 Å². The van der Waals surface area contributed by atoms with Gasteiger partial charge in [0, 0.05) is 38.1 Å². The molecule has 15 heteroatoms. The van der Waals surface area contributed by atoms with Crippen LogP contribution in [0.1, 0.15) is 30.5 Å². The Morgan fingerprint density at radius 2 is 1.72 bits per heavy atom.